The average Bonchev–Trinajstić information content (AvgIpc) is 2.35. The highest BCUT2D eigenvalue weighted by Crippen LogP contribution is 2.23. The van der Waals surface area contributed by atoms with E-state index < -0.39 is 0 Å². The van der Waals surface area contributed by atoms with Crippen molar-refractivity contribution in [1.29, 1.82) is 0 Å². The number of rotatable bonds is 7. The van der Waals surface area contributed by atoms with Crippen LogP contribution >= 0.6 is 0 Å². The van der Waals surface area contributed by atoms with Crippen LogP contribution in [-0.2, 0) is 6.54 Å². The number of benzene rings is 1. The second-order valence-electron chi connectivity index (χ2n) is 5.32. The van der Waals surface area contributed by atoms with E-state index in [-0.39, 0.29) is 0 Å². The maximum Gasteiger partial charge on any atom is 0.0398 e. The van der Waals surface area contributed by atoms with Crippen molar-refractivity contribution in [1.82, 2.24) is 0 Å². The summed E-state index contributed by atoms with van der Waals surface area (Å²) in [6.07, 6.45) is 3.85. The summed E-state index contributed by atoms with van der Waals surface area (Å²) in [6.45, 7) is 10.7. The van der Waals surface area contributed by atoms with Crippen LogP contribution < -0.4 is 10.6 Å². The van der Waals surface area contributed by atoms with E-state index in [1.54, 1.807) is 0 Å². The Kier molecular flexibility index (Phi) is 6.20. The minimum atomic E-state index is 0.546. The molecular weight excluding hydrogens is 220 g/mol. The Bertz CT molecular complexity index is 358. The average molecular weight is 248 g/mol. The normalized spacial score (nSPS) is 11.0. The topological polar surface area (TPSA) is 29.3 Å². The summed E-state index contributed by atoms with van der Waals surface area (Å²) in [7, 11) is 0. The summed E-state index contributed by atoms with van der Waals surface area (Å²) in [4.78, 5) is 2.51. The van der Waals surface area contributed by atoms with Crippen molar-refractivity contribution < 1.29 is 0 Å². The van der Waals surface area contributed by atoms with Crippen molar-refractivity contribution in [2.45, 2.75) is 59.5 Å². The molecule has 0 fully saturated rings. The third-order valence-electron chi connectivity index (χ3n) is 3.43. The fourth-order valence-electron chi connectivity index (χ4n) is 2.36. The highest BCUT2D eigenvalue weighted by Gasteiger charge is 2.12. The zero-order valence-electron chi connectivity index (χ0n) is 12.4. The van der Waals surface area contributed by atoms with E-state index >= 15 is 0 Å². The molecule has 18 heavy (non-hydrogen) atoms. The largest absolute Gasteiger partial charge is 0.369 e. The molecule has 0 aliphatic rings. The lowest BCUT2D eigenvalue weighted by molar-refractivity contribution is 0.624. The Labute approximate surface area is 112 Å². The van der Waals surface area contributed by atoms with Crippen LogP contribution in [-0.4, -0.2) is 12.6 Å². The summed E-state index contributed by atoms with van der Waals surface area (Å²) in [5, 5.41) is 0. The summed E-state index contributed by atoms with van der Waals surface area (Å²) in [5.74, 6) is 0. The second kappa shape index (κ2) is 7.42. The Morgan fingerprint density at radius 2 is 1.94 bits per heavy atom. The Hall–Kier alpha value is -1.02. The first-order valence-corrected chi connectivity index (χ1v) is 7.16. The van der Waals surface area contributed by atoms with Crippen LogP contribution in [0.2, 0.25) is 0 Å². The lowest BCUT2D eigenvalue weighted by atomic mass is 10.1. The van der Waals surface area contributed by atoms with Crippen LogP contribution in [0.15, 0.2) is 18.2 Å². The van der Waals surface area contributed by atoms with E-state index in [2.05, 4.69) is 50.8 Å². The molecule has 0 bridgehead atoms. The number of nitrogens with zero attached hydrogens (tertiary/aromatic N) is 1. The lowest BCUT2D eigenvalue weighted by Crippen LogP contribution is -2.32. The molecular formula is C16H28N2. The van der Waals surface area contributed by atoms with Crippen molar-refractivity contribution in [3.8, 4) is 0 Å². The Morgan fingerprint density at radius 1 is 1.22 bits per heavy atom. The zero-order valence-corrected chi connectivity index (χ0v) is 12.4. The molecule has 0 spiro atoms. The molecule has 0 aliphatic carbocycles. The van der Waals surface area contributed by atoms with E-state index in [4.69, 9.17) is 5.73 Å². The summed E-state index contributed by atoms with van der Waals surface area (Å²) >= 11 is 0. The third kappa shape index (κ3) is 4.02. The first-order chi connectivity index (χ1) is 8.60. The van der Waals surface area contributed by atoms with Gasteiger partial charge < -0.3 is 10.6 Å². The fraction of sp³-hybridized carbons (Fsp3) is 0.625. The number of unbranched alkanes of at least 4 members (excludes halogenated alkanes) is 2. The van der Waals surface area contributed by atoms with Crippen LogP contribution in [0, 0.1) is 6.92 Å². The van der Waals surface area contributed by atoms with Gasteiger partial charge in [-0.1, -0.05) is 31.9 Å². The predicted molar refractivity (Wildman–Crippen MR) is 81.1 cm³/mol. The molecule has 0 radical (unpaired) electrons. The first kappa shape index (κ1) is 15.0. The van der Waals surface area contributed by atoms with Gasteiger partial charge in [0.15, 0.2) is 0 Å². The molecule has 0 heterocycles. The maximum atomic E-state index is 5.69. The summed E-state index contributed by atoms with van der Waals surface area (Å²) in [6, 6.07) is 7.13. The van der Waals surface area contributed by atoms with Crippen LogP contribution in [0.5, 0.6) is 0 Å². The van der Waals surface area contributed by atoms with Gasteiger partial charge in [0, 0.05) is 24.8 Å². The van der Waals surface area contributed by atoms with Gasteiger partial charge in [-0.15, -0.1) is 0 Å². The monoisotopic (exact) mass is 248 g/mol. The minimum Gasteiger partial charge on any atom is -0.369 e. The van der Waals surface area contributed by atoms with Gasteiger partial charge in [-0.2, -0.15) is 0 Å². The molecule has 0 amide bonds. The Morgan fingerprint density at radius 3 is 2.44 bits per heavy atom. The molecule has 1 aromatic carbocycles. The molecule has 0 unspecified atom stereocenters. The summed E-state index contributed by atoms with van der Waals surface area (Å²) in [5.41, 5.74) is 9.60. The molecule has 0 aromatic heterocycles. The van der Waals surface area contributed by atoms with Crippen LogP contribution in [0.1, 0.15) is 51.2 Å². The number of anilines is 1. The quantitative estimate of drug-likeness (QED) is 0.742. The standard InChI is InChI=1S/C16H28N2/c1-5-6-7-10-18(13(2)3)16-9-8-15(12-17)11-14(16)4/h8-9,11,13H,5-7,10,12,17H2,1-4H3. The summed E-state index contributed by atoms with van der Waals surface area (Å²) < 4.78 is 0. The molecule has 0 saturated heterocycles. The molecule has 2 nitrogen and oxygen atoms in total. The van der Waals surface area contributed by atoms with Crippen molar-refractivity contribution in [3.05, 3.63) is 29.3 Å². The molecule has 0 atom stereocenters. The predicted octanol–water partition coefficient (Wildman–Crippen LogP) is 3.86. The molecule has 1 rings (SSSR count). The van der Waals surface area contributed by atoms with Gasteiger partial charge in [-0.05, 0) is 44.4 Å². The second-order valence-corrected chi connectivity index (χ2v) is 5.32. The zero-order chi connectivity index (χ0) is 13.5. The van der Waals surface area contributed by atoms with E-state index in [1.807, 2.05) is 0 Å². The molecule has 0 aliphatic heterocycles. The molecule has 0 saturated carbocycles. The number of aryl methyl sites for hydroxylation is 1. The number of hydrogen-bond acceptors (Lipinski definition) is 2. The highest BCUT2D eigenvalue weighted by atomic mass is 15.1. The van der Waals surface area contributed by atoms with Gasteiger partial charge >= 0.3 is 0 Å². The fourth-order valence-corrected chi connectivity index (χ4v) is 2.36. The SMILES string of the molecule is CCCCCN(c1ccc(CN)cc1C)C(C)C. The smallest absolute Gasteiger partial charge is 0.0398 e. The van der Waals surface area contributed by atoms with Crippen LogP contribution in [0.25, 0.3) is 0 Å². The number of nitrogens with two attached hydrogens (primary N) is 1. The van der Waals surface area contributed by atoms with E-state index in [0.29, 0.717) is 12.6 Å². The molecule has 2 heteroatoms. The molecule has 102 valence electrons. The van der Waals surface area contributed by atoms with Gasteiger partial charge in [0.1, 0.15) is 0 Å². The van der Waals surface area contributed by atoms with Crippen molar-refractivity contribution in [2.75, 3.05) is 11.4 Å². The van der Waals surface area contributed by atoms with Crippen molar-refractivity contribution in [2.24, 2.45) is 5.73 Å². The minimum absolute atomic E-state index is 0.546. The van der Waals surface area contributed by atoms with Gasteiger partial charge in [0.05, 0.1) is 0 Å². The van der Waals surface area contributed by atoms with Gasteiger partial charge in [0.25, 0.3) is 0 Å². The molecule has 2 N–H and O–H groups in total. The van der Waals surface area contributed by atoms with E-state index in [1.165, 1.54) is 36.1 Å². The highest BCUT2D eigenvalue weighted by molar-refractivity contribution is 5.55. The van der Waals surface area contributed by atoms with Crippen LogP contribution in [0.3, 0.4) is 0 Å². The van der Waals surface area contributed by atoms with Gasteiger partial charge in [-0.3, -0.25) is 0 Å². The maximum absolute atomic E-state index is 5.69. The van der Waals surface area contributed by atoms with E-state index in [9.17, 15) is 0 Å². The first-order valence-electron chi connectivity index (χ1n) is 7.16. The van der Waals surface area contributed by atoms with Gasteiger partial charge in [-0.25, -0.2) is 0 Å². The van der Waals surface area contributed by atoms with Crippen molar-refractivity contribution in [3.63, 3.8) is 0 Å². The van der Waals surface area contributed by atoms with Crippen LogP contribution in [0.4, 0.5) is 5.69 Å². The van der Waals surface area contributed by atoms with Gasteiger partial charge in [0.2, 0.25) is 0 Å². The Balaban J connectivity index is 2.84. The lowest BCUT2D eigenvalue weighted by Gasteiger charge is -2.30. The molecule has 1 aromatic rings. The number of hydrogen-bond donors (Lipinski definition) is 1. The van der Waals surface area contributed by atoms with Crippen molar-refractivity contribution >= 4 is 5.69 Å². The van der Waals surface area contributed by atoms with E-state index in [0.717, 1.165) is 6.54 Å². The third-order valence-corrected chi connectivity index (χ3v) is 3.43.